The molecular formula is C19H29N3O2S. The fourth-order valence-corrected chi connectivity index (χ4v) is 5.20. The number of likely N-dealkylation sites (tertiary alicyclic amines) is 1. The van der Waals surface area contributed by atoms with Gasteiger partial charge in [-0.2, -0.15) is 0 Å². The lowest BCUT2D eigenvalue weighted by molar-refractivity contribution is -0.133. The highest BCUT2D eigenvalue weighted by Crippen LogP contribution is 2.34. The minimum absolute atomic E-state index is 0.309. The second-order valence-electron chi connectivity index (χ2n) is 7.47. The Morgan fingerprint density at radius 3 is 2.68 bits per heavy atom. The number of hydrogen-bond acceptors (Lipinski definition) is 5. The molecule has 0 saturated carbocycles. The molecule has 3 aliphatic heterocycles. The van der Waals surface area contributed by atoms with Crippen molar-refractivity contribution in [3.8, 4) is 0 Å². The van der Waals surface area contributed by atoms with Gasteiger partial charge in [0.2, 0.25) is 5.91 Å². The maximum absolute atomic E-state index is 12.8. The molecule has 1 amide bonds. The van der Waals surface area contributed by atoms with Crippen LogP contribution in [0.25, 0.3) is 0 Å². The van der Waals surface area contributed by atoms with E-state index in [9.17, 15) is 4.79 Å². The number of rotatable bonds is 5. The van der Waals surface area contributed by atoms with Crippen LogP contribution in [0.4, 0.5) is 0 Å². The monoisotopic (exact) mass is 363 g/mol. The Labute approximate surface area is 154 Å². The molecule has 4 rings (SSSR count). The van der Waals surface area contributed by atoms with Gasteiger partial charge in [0.05, 0.1) is 18.7 Å². The van der Waals surface area contributed by atoms with Crippen molar-refractivity contribution in [1.29, 1.82) is 0 Å². The fraction of sp³-hybridized carbons (Fsp3) is 0.737. The fourth-order valence-electron chi connectivity index (χ4n) is 4.33. The van der Waals surface area contributed by atoms with Gasteiger partial charge in [-0.05, 0) is 37.1 Å². The third kappa shape index (κ3) is 4.25. The van der Waals surface area contributed by atoms with Crippen LogP contribution in [-0.4, -0.2) is 79.1 Å². The number of thiophene rings is 1. The molecule has 1 aromatic rings. The predicted molar refractivity (Wildman–Crippen MR) is 99.9 cm³/mol. The Morgan fingerprint density at radius 2 is 1.96 bits per heavy atom. The van der Waals surface area contributed by atoms with Crippen molar-refractivity contribution in [2.24, 2.45) is 0 Å². The van der Waals surface area contributed by atoms with Gasteiger partial charge >= 0.3 is 0 Å². The molecule has 0 unspecified atom stereocenters. The van der Waals surface area contributed by atoms with E-state index >= 15 is 0 Å². The second-order valence-corrected chi connectivity index (χ2v) is 8.45. The van der Waals surface area contributed by atoms with E-state index in [1.807, 2.05) is 0 Å². The molecule has 138 valence electrons. The number of ether oxygens (including phenoxy) is 1. The van der Waals surface area contributed by atoms with Gasteiger partial charge in [-0.1, -0.05) is 6.07 Å². The third-order valence-corrected chi connectivity index (χ3v) is 6.73. The van der Waals surface area contributed by atoms with Gasteiger partial charge in [0.1, 0.15) is 0 Å². The summed E-state index contributed by atoms with van der Waals surface area (Å²) in [7, 11) is 0. The van der Waals surface area contributed by atoms with Gasteiger partial charge in [-0.15, -0.1) is 11.3 Å². The average Bonchev–Trinajstić information content (AvgIpc) is 3.38. The lowest BCUT2D eigenvalue weighted by atomic mass is 10.2. The summed E-state index contributed by atoms with van der Waals surface area (Å²) in [5.74, 6) is 0.309. The first kappa shape index (κ1) is 17.5. The zero-order valence-corrected chi connectivity index (χ0v) is 15.8. The lowest BCUT2D eigenvalue weighted by Gasteiger charge is -2.36. The normalized spacial score (nSPS) is 28.7. The van der Waals surface area contributed by atoms with Crippen LogP contribution in [0.15, 0.2) is 17.5 Å². The van der Waals surface area contributed by atoms with E-state index in [0.29, 0.717) is 24.6 Å². The van der Waals surface area contributed by atoms with Crippen molar-refractivity contribution in [3.05, 3.63) is 22.4 Å². The maximum atomic E-state index is 12.8. The number of nitrogens with zero attached hydrogens (tertiary/aromatic N) is 3. The summed E-state index contributed by atoms with van der Waals surface area (Å²) in [6.07, 6.45) is 5.09. The van der Waals surface area contributed by atoms with E-state index in [-0.39, 0.29) is 0 Å². The van der Waals surface area contributed by atoms with E-state index in [2.05, 4.69) is 32.2 Å². The molecule has 0 spiro atoms. The molecule has 0 aromatic carbocycles. The first-order valence-corrected chi connectivity index (χ1v) is 10.6. The molecule has 0 N–H and O–H groups in total. The molecule has 5 nitrogen and oxygen atoms in total. The van der Waals surface area contributed by atoms with E-state index in [1.165, 1.54) is 17.7 Å². The van der Waals surface area contributed by atoms with Gasteiger partial charge < -0.3 is 9.64 Å². The minimum Gasteiger partial charge on any atom is -0.377 e. The van der Waals surface area contributed by atoms with Gasteiger partial charge in [-0.3, -0.25) is 14.6 Å². The minimum atomic E-state index is 0.309. The molecule has 3 fully saturated rings. The molecule has 0 aliphatic carbocycles. The van der Waals surface area contributed by atoms with E-state index in [0.717, 1.165) is 58.7 Å². The molecule has 6 heteroatoms. The van der Waals surface area contributed by atoms with Crippen LogP contribution in [0.3, 0.4) is 0 Å². The maximum Gasteiger partial charge on any atom is 0.237 e. The number of carbonyl (C=O) groups excluding carboxylic acids is 1. The van der Waals surface area contributed by atoms with Crippen LogP contribution in [0.2, 0.25) is 0 Å². The van der Waals surface area contributed by atoms with Gasteiger partial charge in [0.15, 0.2) is 0 Å². The quantitative estimate of drug-likeness (QED) is 0.804. The molecule has 4 heterocycles. The van der Waals surface area contributed by atoms with Crippen molar-refractivity contribution < 1.29 is 9.53 Å². The predicted octanol–water partition coefficient (Wildman–Crippen LogP) is 2.21. The van der Waals surface area contributed by atoms with Crippen LogP contribution >= 0.6 is 11.3 Å². The van der Waals surface area contributed by atoms with Crippen molar-refractivity contribution in [2.75, 3.05) is 52.4 Å². The number of carbonyl (C=O) groups is 1. The Kier molecular flexibility index (Phi) is 5.70. The second kappa shape index (κ2) is 8.16. The molecule has 3 saturated heterocycles. The van der Waals surface area contributed by atoms with Crippen LogP contribution < -0.4 is 0 Å². The Morgan fingerprint density at radius 1 is 1.12 bits per heavy atom. The SMILES string of the molecule is O=C(CN1CCN(C[C@@H]2CCCO2)CC1)N1CCC[C@H]1c1cccs1. The molecular weight excluding hydrogens is 334 g/mol. The Bertz CT molecular complexity index is 551. The summed E-state index contributed by atoms with van der Waals surface area (Å²) in [5, 5.41) is 2.11. The van der Waals surface area contributed by atoms with Crippen molar-refractivity contribution in [3.63, 3.8) is 0 Å². The highest BCUT2D eigenvalue weighted by Gasteiger charge is 2.32. The highest BCUT2D eigenvalue weighted by molar-refractivity contribution is 7.10. The van der Waals surface area contributed by atoms with E-state index < -0.39 is 0 Å². The van der Waals surface area contributed by atoms with Crippen LogP contribution in [0, 0.1) is 0 Å². The Balaban J connectivity index is 1.24. The first-order chi connectivity index (χ1) is 12.3. The first-order valence-electron chi connectivity index (χ1n) is 9.69. The average molecular weight is 364 g/mol. The van der Waals surface area contributed by atoms with Crippen molar-refractivity contribution in [1.82, 2.24) is 14.7 Å². The zero-order valence-electron chi connectivity index (χ0n) is 14.9. The highest BCUT2D eigenvalue weighted by atomic mass is 32.1. The van der Waals surface area contributed by atoms with Crippen LogP contribution in [0.1, 0.15) is 36.6 Å². The largest absolute Gasteiger partial charge is 0.377 e. The number of hydrogen-bond donors (Lipinski definition) is 0. The van der Waals surface area contributed by atoms with E-state index in [1.54, 1.807) is 11.3 Å². The van der Waals surface area contributed by atoms with Crippen LogP contribution in [0.5, 0.6) is 0 Å². The van der Waals surface area contributed by atoms with Gasteiger partial charge in [-0.25, -0.2) is 0 Å². The molecule has 3 aliphatic rings. The topological polar surface area (TPSA) is 36.0 Å². The van der Waals surface area contributed by atoms with Crippen molar-refractivity contribution >= 4 is 17.2 Å². The summed E-state index contributed by atoms with van der Waals surface area (Å²) >= 11 is 1.78. The molecule has 2 atom stereocenters. The van der Waals surface area contributed by atoms with Crippen molar-refractivity contribution in [2.45, 2.75) is 37.8 Å². The van der Waals surface area contributed by atoms with Crippen LogP contribution in [-0.2, 0) is 9.53 Å². The molecule has 0 radical (unpaired) electrons. The standard InChI is InChI=1S/C19H29N3O2S/c23-19(22-7-1-5-17(22)18-6-3-13-25-18)15-21-10-8-20(9-11-21)14-16-4-2-12-24-16/h3,6,13,16-17H,1-2,4-5,7-12,14-15H2/t16-,17-/m0/s1. The number of amides is 1. The summed E-state index contributed by atoms with van der Waals surface area (Å²) < 4.78 is 5.75. The molecule has 1 aromatic heterocycles. The zero-order chi connectivity index (χ0) is 17.1. The summed E-state index contributed by atoms with van der Waals surface area (Å²) in [6, 6.07) is 4.58. The molecule has 25 heavy (non-hydrogen) atoms. The molecule has 0 bridgehead atoms. The summed E-state index contributed by atoms with van der Waals surface area (Å²) in [5.41, 5.74) is 0. The van der Waals surface area contributed by atoms with E-state index in [4.69, 9.17) is 4.74 Å². The summed E-state index contributed by atoms with van der Waals surface area (Å²) in [6.45, 7) is 7.60. The van der Waals surface area contributed by atoms with Gasteiger partial charge in [0.25, 0.3) is 0 Å². The van der Waals surface area contributed by atoms with Gasteiger partial charge in [0, 0.05) is 50.8 Å². The smallest absolute Gasteiger partial charge is 0.237 e. The third-order valence-electron chi connectivity index (χ3n) is 5.75. The number of piperazine rings is 1. The Hall–Kier alpha value is -0.950. The lowest BCUT2D eigenvalue weighted by Crippen LogP contribution is -2.51. The summed E-state index contributed by atoms with van der Waals surface area (Å²) in [4.78, 5) is 21.1.